The number of imide groups is 1. The molecule has 4 aromatic rings. The molecule has 26 heteroatoms. The van der Waals surface area contributed by atoms with Crippen molar-refractivity contribution in [3.63, 3.8) is 0 Å². The van der Waals surface area contributed by atoms with E-state index in [0.717, 1.165) is 10.5 Å². The van der Waals surface area contributed by atoms with Gasteiger partial charge in [-0.3, -0.25) is 57.6 Å². The first-order valence-corrected chi connectivity index (χ1v) is 27.7. The molecule has 0 spiro atoms. The zero-order valence-corrected chi connectivity index (χ0v) is 46.3. The van der Waals surface area contributed by atoms with Crippen molar-refractivity contribution in [3.05, 3.63) is 110 Å². The van der Waals surface area contributed by atoms with Crippen LogP contribution in [0.15, 0.2) is 59.4 Å². The number of fused-ring (bicyclic) bond motifs is 5. The summed E-state index contributed by atoms with van der Waals surface area (Å²) in [4.78, 5) is 159. The molecule has 3 aliphatic heterocycles. The summed E-state index contributed by atoms with van der Waals surface area (Å²) in [6, 6.07) is 8.42. The summed E-state index contributed by atoms with van der Waals surface area (Å²) < 4.78 is 22.1. The molecular formula is C58H65FN10O15. The first-order chi connectivity index (χ1) is 40.2. The molecule has 84 heavy (non-hydrogen) atoms. The minimum Gasteiger partial charge on any atom is -0.481 e. The summed E-state index contributed by atoms with van der Waals surface area (Å²) in [6.07, 6.45) is 3.71. The molecular weight excluding hydrogens is 1100 g/mol. The molecule has 1 aliphatic carbocycles. The highest BCUT2D eigenvalue weighted by molar-refractivity contribution is 6.12. The average Bonchev–Trinajstić information content (AvgIpc) is 1.50. The lowest BCUT2D eigenvalue weighted by molar-refractivity contribution is -0.172. The number of amides is 9. The Morgan fingerprint density at radius 1 is 0.774 bits per heavy atom. The van der Waals surface area contributed by atoms with Crippen LogP contribution >= 0.6 is 0 Å². The Kier molecular flexibility index (Phi) is 19.4. The molecule has 0 radical (unpaired) electrons. The first-order valence-electron chi connectivity index (χ1n) is 27.7. The molecule has 5 heterocycles. The van der Waals surface area contributed by atoms with E-state index < -0.39 is 120 Å². The van der Waals surface area contributed by atoms with E-state index in [-0.39, 0.29) is 81.8 Å². The number of hydrogen-bond acceptors (Lipinski definition) is 15. The molecule has 0 saturated carbocycles. The maximum Gasteiger partial charge on any atom is 0.343 e. The van der Waals surface area contributed by atoms with Crippen LogP contribution in [0.3, 0.4) is 0 Å². The van der Waals surface area contributed by atoms with Gasteiger partial charge in [0.05, 0.1) is 54.7 Å². The van der Waals surface area contributed by atoms with E-state index in [1.54, 1.807) is 50.2 Å². The molecule has 8 rings (SSSR count). The van der Waals surface area contributed by atoms with Crippen molar-refractivity contribution >= 4 is 76.0 Å². The molecule has 0 saturated heterocycles. The van der Waals surface area contributed by atoms with Gasteiger partial charge in [-0.1, -0.05) is 43.7 Å². The van der Waals surface area contributed by atoms with E-state index in [1.807, 2.05) is 0 Å². The highest BCUT2D eigenvalue weighted by atomic mass is 19.1. The second-order valence-corrected chi connectivity index (χ2v) is 21.0. The molecule has 4 atom stereocenters. The number of unbranched alkanes of at least 4 members (excludes halogenated alkanes) is 2. The van der Waals surface area contributed by atoms with Crippen molar-refractivity contribution in [1.29, 1.82) is 0 Å². The van der Waals surface area contributed by atoms with Crippen LogP contribution in [-0.4, -0.2) is 135 Å². The predicted octanol–water partition coefficient (Wildman–Crippen LogP) is 0.438. The third-order valence-corrected chi connectivity index (χ3v) is 15.3. The molecule has 4 aliphatic rings. The Morgan fingerprint density at radius 3 is 2.14 bits per heavy atom. The predicted molar refractivity (Wildman–Crippen MR) is 295 cm³/mol. The number of aryl methyl sites for hydroxylation is 1. The number of aliphatic hydroxyl groups is 1. The molecule has 0 fully saturated rings. The van der Waals surface area contributed by atoms with Crippen molar-refractivity contribution in [3.8, 4) is 11.4 Å². The monoisotopic (exact) mass is 1160 g/mol. The van der Waals surface area contributed by atoms with Gasteiger partial charge in [0.15, 0.2) is 5.60 Å². The van der Waals surface area contributed by atoms with Gasteiger partial charge >= 0.3 is 11.9 Å². The second-order valence-electron chi connectivity index (χ2n) is 21.0. The van der Waals surface area contributed by atoms with Gasteiger partial charge in [0.2, 0.25) is 41.4 Å². The number of hydrogen-bond donors (Lipinski definition) is 9. The zero-order chi connectivity index (χ0) is 60.4. The fourth-order valence-electron chi connectivity index (χ4n) is 10.8. The summed E-state index contributed by atoms with van der Waals surface area (Å²) >= 11 is 0. The van der Waals surface area contributed by atoms with Gasteiger partial charge in [-0.15, -0.1) is 0 Å². The maximum absolute atomic E-state index is 15.4. The van der Waals surface area contributed by atoms with Crippen LogP contribution in [-0.2, 0) is 89.1 Å². The molecule has 0 unspecified atom stereocenters. The fraction of sp³-hybridized carbons (Fsp3) is 0.431. The third-order valence-electron chi connectivity index (χ3n) is 15.3. The van der Waals surface area contributed by atoms with E-state index in [4.69, 9.17) is 9.72 Å². The van der Waals surface area contributed by atoms with Crippen LogP contribution in [0.2, 0.25) is 0 Å². The van der Waals surface area contributed by atoms with Crippen LogP contribution in [0, 0.1) is 12.7 Å². The van der Waals surface area contributed by atoms with Gasteiger partial charge in [-0.2, -0.15) is 0 Å². The minimum atomic E-state index is -2.06. The number of aromatic nitrogens is 2. The van der Waals surface area contributed by atoms with Crippen LogP contribution in [0.5, 0.6) is 0 Å². The summed E-state index contributed by atoms with van der Waals surface area (Å²) in [7, 11) is 0. The van der Waals surface area contributed by atoms with E-state index in [0.29, 0.717) is 76.6 Å². The summed E-state index contributed by atoms with van der Waals surface area (Å²) in [5, 5.41) is 39.2. The normalized spacial score (nSPS) is 17.0. The van der Waals surface area contributed by atoms with Crippen LogP contribution < -0.4 is 42.8 Å². The number of ether oxygens (including phenoxy) is 1. The van der Waals surface area contributed by atoms with E-state index in [1.165, 1.54) is 22.8 Å². The topological polar surface area (TPSA) is 360 Å². The Bertz CT molecular complexity index is 3420. The van der Waals surface area contributed by atoms with Gasteiger partial charge in [-0.25, -0.2) is 14.2 Å². The van der Waals surface area contributed by atoms with Gasteiger partial charge in [0.25, 0.3) is 17.4 Å². The number of carbonyl (C=O) groups is 11. The number of nitrogens with zero attached hydrogens (tertiary/aromatic N) is 3. The molecule has 25 nitrogen and oxygen atoms in total. The number of cyclic esters (lactones) is 1. The number of halogens is 1. The van der Waals surface area contributed by atoms with E-state index >= 15 is 4.39 Å². The number of rotatable bonds is 27. The average molecular weight is 1160 g/mol. The standard InChI is InChI=1S/C58H65FN10O15/c1-3-58(83)36-24-42-53-34(29-69(42)56(81)35(36)30-84-57(58)82)52-38(16-15-33-31(2)37(59)25-40(67-53)51(33)52)64-44(71)14-10-21-60-45(72)26-63-55(80)41(23-32-11-6-4-7-12-32)66-47(74)28-61-46(73)27-62-54(79)39(17-20-50(77)78)65-43(70)13-8-5-9-22-68-48(75)18-19-49(68)76/h4,6-7,11-12,18-19,24-25,38-39,41,83H,3,5,8-10,13-17,20-23,26-30H2,1-2H3,(H,60,72)(H,61,73)(H,62,79)(H,63,80)(H,64,71)(H,65,70)(H,66,74)(H,77,78)/t38-,39-,41-,58-/m0/s1. The van der Waals surface area contributed by atoms with E-state index in [2.05, 4.69) is 37.2 Å². The molecule has 2 aromatic carbocycles. The number of nitrogens with one attached hydrogen (secondary N) is 7. The Balaban J connectivity index is 0.796. The third kappa shape index (κ3) is 14.0. The molecule has 9 amide bonds. The number of esters is 1. The molecule has 444 valence electrons. The smallest absolute Gasteiger partial charge is 0.343 e. The number of carboxylic acid groups (broad SMARTS) is 1. The Labute approximate surface area is 479 Å². The molecule has 9 N–H and O–H groups in total. The summed E-state index contributed by atoms with van der Waals surface area (Å²) in [6.45, 7) is 1.44. The van der Waals surface area contributed by atoms with Gasteiger partial charge < -0.3 is 56.7 Å². The van der Waals surface area contributed by atoms with E-state index in [9.17, 15) is 67.7 Å². The molecule has 2 aromatic heterocycles. The van der Waals surface area contributed by atoms with Gasteiger partial charge in [0.1, 0.15) is 24.5 Å². The zero-order valence-electron chi connectivity index (χ0n) is 46.3. The highest BCUT2D eigenvalue weighted by Crippen LogP contribution is 2.46. The van der Waals surface area contributed by atoms with Crippen molar-refractivity contribution in [2.24, 2.45) is 0 Å². The quantitative estimate of drug-likeness (QED) is 0.0196. The summed E-state index contributed by atoms with van der Waals surface area (Å²) in [5.74, 6) is -8.13. The van der Waals surface area contributed by atoms with Crippen molar-refractivity contribution in [1.82, 2.24) is 51.7 Å². The van der Waals surface area contributed by atoms with Crippen LogP contribution in [0.4, 0.5) is 4.39 Å². The SMILES string of the molecule is CC[C@@]1(O)C(=O)OCc2c1cc1n(c2=O)Cc2c-1nc1cc(F)c(C)c3c1c2[C@@H](NC(=O)CCCNC(=O)CNC(=O)[C@H](Cc1ccccc1)NC(=O)CNC(=O)CNC(=O)[C@H](CCC(=O)O)NC(=O)CCCCCN1C(=O)C=CC1=O)CC3. The van der Waals surface area contributed by atoms with Crippen molar-refractivity contribution in [2.75, 3.05) is 32.7 Å². The highest BCUT2D eigenvalue weighted by Gasteiger charge is 2.46. The van der Waals surface area contributed by atoms with Crippen molar-refractivity contribution < 1.29 is 72.1 Å². The lowest BCUT2D eigenvalue weighted by Gasteiger charge is -2.31. The Hall–Kier alpha value is -9.20. The second kappa shape index (κ2) is 26.8. The lowest BCUT2D eigenvalue weighted by Crippen LogP contribution is -2.53. The number of pyridine rings is 2. The lowest BCUT2D eigenvalue weighted by atomic mass is 9.81. The maximum atomic E-state index is 15.4. The largest absolute Gasteiger partial charge is 0.481 e. The molecule has 0 bridgehead atoms. The number of carbonyl (C=O) groups excluding carboxylic acids is 10. The van der Waals surface area contributed by atoms with Gasteiger partial charge in [0, 0.05) is 73.5 Å². The van der Waals surface area contributed by atoms with Gasteiger partial charge in [-0.05, 0) is 80.2 Å². The Morgan fingerprint density at radius 2 is 1.44 bits per heavy atom. The van der Waals surface area contributed by atoms with Crippen LogP contribution in [0.25, 0.3) is 22.3 Å². The number of carboxylic acids is 1. The summed E-state index contributed by atoms with van der Waals surface area (Å²) in [5.41, 5.74) is 1.92. The van der Waals surface area contributed by atoms with Crippen LogP contribution in [0.1, 0.15) is 116 Å². The number of aliphatic carboxylic acids is 1. The van der Waals surface area contributed by atoms with Crippen molar-refractivity contribution in [2.45, 2.75) is 128 Å². The first kappa shape index (κ1) is 60.9. The fourth-order valence-corrected chi connectivity index (χ4v) is 10.8. The number of benzene rings is 2. The minimum absolute atomic E-state index is 0.00790.